The van der Waals surface area contributed by atoms with Crippen molar-refractivity contribution in [2.45, 2.75) is 0 Å². The number of amides is 1. The Morgan fingerprint density at radius 3 is 2.57 bits per heavy atom. The van der Waals surface area contributed by atoms with Gasteiger partial charge in [-0.15, -0.1) is 0 Å². The zero-order valence-electron chi connectivity index (χ0n) is 13.3. The molecule has 0 unspecified atom stereocenters. The minimum atomic E-state index is -0.181. The number of carbonyl (C=O) groups excluding carboxylic acids is 1. The lowest BCUT2D eigenvalue weighted by Gasteiger charge is -2.09. The number of benzene rings is 2. The molecular formula is C18H18N2O3. The first kappa shape index (κ1) is 15.0. The number of para-hydroxylation sites is 1. The molecule has 0 atom stereocenters. The summed E-state index contributed by atoms with van der Waals surface area (Å²) in [6, 6.07) is 14.9. The Labute approximate surface area is 134 Å². The average molecular weight is 310 g/mol. The number of aromatic nitrogens is 1. The lowest BCUT2D eigenvalue weighted by atomic mass is 10.2. The number of nitrogens with one attached hydrogen (secondary N) is 1. The Balaban J connectivity index is 1.96. The highest BCUT2D eigenvalue weighted by Crippen LogP contribution is 2.28. The number of carbonyl (C=O) groups is 1. The van der Waals surface area contributed by atoms with E-state index in [1.54, 1.807) is 20.3 Å². The molecule has 0 bridgehead atoms. The van der Waals surface area contributed by atoms with Crippen molar-refractivity contribution in [3.63, 3.8) is 0 Å². The van der Waals surface area contributed by atoms with E-state index in [9.17, 15) is 4.79 Å². The summed E-state index contributed by atoms with van der Waals surface area (Å²) in [5.41, 5.74) is 2.14. The second-order valence-electron chi connectivity index (χ2n) is 5.17. The summed E-state index contributed by atoms with van der Waals surface area (Å²) < 4.78 is 12.4. The number of rotatable bonds is 4. The van der Waals surface area contributed by atoms with E-state index in [4.69, 9.17) is 9.47 Å². The topological polar surface area (TPSA) is 52.5 Å². The second-order valence-corrected chi connectivity index (χ2v) is 5.17. The van der Waals surface area contributed by atoms with Gasteiger partial charge in [0, 0.05) is 24.2 Å². The van der Waals surface area contributed by atoms with Crippen LogP contribution in [-0.4, -0.2) is 24.7 Å². The summed E-state index contributed by atoms with van der Waals surface area (Å²) in [5.74, 6) is 1.26. The maximum Gasteiger partial charge on any atom is 0.272 e. The smallest absolute Gasteiger partial charge is 0.272 e. The molecule has 0 aliphatic heterocycles. The molecule has 0 saturated carbocycles. The first-order valence-corrected chi connectivity index (χ1v) is 7.22. The lowest BCUT2D eigenvalue weighted by molar-refractivity contribution is 0.102. The molecule has 118 valence electrons. The van der Waals surface area contributed by atoms with Gasteiger partial charge in [0.2, 0.25) is 0 Å². The van der Waals surface area contributed by atoms with Gasteiger partial charge in [-0.3, -0.25) is 4.79 Å². The third kappa shape index (κ3) is 2.73. The fourth-order valence-corrected chi connectivity index (χ4v) is 2.66. The molecule has 0 aliphatic carbocycles. The zero-order valence-corrected chi connectivity index (χ0v) is 13.3. The minimum absolute atomic E-state index is 0.181. The summed E-state index contributed by atoms with van der Waals surface area (Å²) in [7, 11) is 5.07. The number of aryl methyl sites for hydroxylation is 1. The normalized spacial score (nSPS) is 10.6. The Bertz CT molecular complexity index is 868. The zero-order chi connectivity index (χ0) is 16.4. The van der Waals surface area contributed by atoms with Crippen LogP contribution < -0.4 is 14.8 Å². The van der Waals surface area contributed by atoms with Gasteiger partial charge in [-0.2, -0.15) is 0 Å². The van der Waals surface area contributed by atoms with Crippen LogP contribution in [0.15, 0.2) is 48.5 Å². The van der Waals surface area contributed by atoms with Crippen molar-refractivity contribution in [3.8, 4) is 11.5 Å². The van der Waals surface area contributed by atoms with E-state index < -0.39 is 0 Å². The lowest BCUT2D eigenvalue weighted by Crippen LogP contribution is -2.15. The SMILES string of the molecule is COc1cccc(NC(=O)c2cc3cccc(OC)c3n2C)c1. The average Bonchev–Trinajstić information content (AvgIpc) is 2.92. The van der Waals surface area contributed by atoms with Gasteiger partial charge < -0.3 is 19.4 Å². The molecule has 1 heterocycles. The van der Waals surface area contributed by atoms with Gasteiger partial charge >= 0.3 is 0 Å². The standard InChI is InChI=1S/C18H18N2O3/c1-20-15(10-12-6-4-9-16(23-3)17(12)20)18(21)19-13-7-5-8-14(11-13)22-2/h4-11H,1-3H3,(H,19,21). The third-order valence-electron chi connectivity index (χ3n) is 3.80. The predicted octanol–water partition coefficient (Wildman–Crippen LogP) is 3.45. The van der Waals surface area contributed by atoms with Gasteiger partial charge in [0.25, 0.3) is 5.91 Å². The first-order valence-electron chi connectivity index (χ1n) is 7.22. The summed E-state index contributed by atoms with van der Waals surface area (Å²) >= 11 is 0. The molecule has 0 radical (unpaired) electrons. The third-order valence-corrected chi connectivity index (χ3v) is 3.80. The maximum atomic E-state index is 12.6. The van der Waals surface area contributed by atoms with Crippen LogP contribution in [0.2, 0.25) is 0 Å². The van der Waals surface area contributed by atoms with Gasteiger partial charge in [0.15, 0.2) is 0 Å². The molecule has 1 N–H and O–H groups in total. The molecule has 1 amide bonds. The largest absolute Gasteiger partial charge is 0.497 e. The molecule has 0 fully saturated rings. The monoisotopic (exact) mass is 310 g/mol. The van der Waals surface area contributed by atoms with Crippen molar-refractivity contribution >= 4 is 22.5 Å². The van der Waals surface area contributed by atoms with E-state index >= 15 is 0 Å². The molecule has 0 aliphatic rings. The highest BCUT2D eigenvalue weighted by Gasteiger charge is 2.16. The molecule has 5 heteroatoms. The van der Waals surface area contributed by atoms with Crippen molar-refractivity contribution in [2.75, 3.05) is 19.5 Å². The molecule has 1 aromatic heterocycles. The predicted molar refractivity (Wildman–Crippen MR) is 90.4 cm³/mol. The quantitative estimate of drug-likeness (QED) is 0.803. The molecule has 0 saturated heterocycles. The van der Waals surface area contributed by atoms with Gasteiger partial charge in [0.1, 0.15) is 17.2 Å². The highest BCUT2D eigenvalue weighted by molar-refractivity contribution is 6.07. The van der Waals surface area contributed by atoms with Gasteiger partial charge in [-0.1, -0.05) is 18.2 Å². The van der Waals surface area contributed by atoms with E-state index in [1.165, 1.54) is 0 Å². The fourth-order valence-electron chi connectivity index (χ4n) is 2.66. The van der Waals surface area contributed by atoms with Gasteiger partial charge in [-0.05, 0) is 24.3 Å². The number of anilines is 1. The molecule has 5 nitrogen and oxygen atoms in total. The molecule has 2 aromatic carbocycles. The van der Waals surface area contributed by atoms with Crippen molar-refractivity contribution in [1.82, 2.24) is 4.57 Å². The summed E-state index contributed by atoms with van der Waals surface area (Å²) in [4.78, 5) is 12.6. The number of hydrogen-bond donors (Lipinski definition) is 1. The maximum absolute atomic E-state index is 12.6. The Hall–Kier alpha value is -2.95. The Morgan fingerprint density at radius 2 is 1.83 bits per heavy atom. The second kappa shape index (κ2) is 6.04. The van der Waals surface area contributed by atoms with Crippen LogP contribution in [0.1, 0.15) is 10.5 Å². The summed E-state index contributed by atoms with van der Waals surface area (Å²) in [5, 5.41) is 3.85. The number of nitrogens with zero attached hydrogens (tertiary/aromatic N) is 1. The van der Waals surface area contributed by atoms with E-state index in [2.05, 4.69) is 5.32 Å². The molecule has 23 heavy (non-hydrogen) atoms. The van der Waals surface area contributed by atoms with E-state index in [-0.39, 0.29) is 5.91 Å². The van der Waals surface area contributed by atoms with Gasteiger partial charge in [0.05, 0.1) is 19.7 Å². The van der Waals surface area contributed by atoms with Crippen molar-refractivity contribution in [3.05, 3.63) is 54.2 Å². The summed E-state index contributed by atoms with van der Waals surface area (Å²) in [6.45, 7) is 0. The minimum Gasteiger partial charge on any atom is -0.497 e. The highest BCUT2D eigenvalue weighted by atomic mass is 16.5. The van der Waals surface area contributed by atoms with Crippen molar-refractivity contribution in [2.24, 2.45) is 7.05 Å². The molecular weight excluding hydrogens is 292 g/mol. The fraction of sp³-hybridized carbons (Fsp3) is 0.167. The van der Waals surface area contributed by atoms with Crippen LogP contribution in [0.25, 0.3) is 10.9 Å². The van der Waals surface area contributed by atoms with Crippen LogP contribution >= 0.6 is 0 Å². The van der Waals surface area contributed by atoms with Crippen LogP contribution in [0.4, 0.5) is 5.69 Å². The van der Waals surface area contributed by atoms with Crippen molar-refractivity contribution < 1.29 is 14.3 Å². The van der Waals surface area contributed by atoms with Crippen LogP contribution in [0.3, 0.4) is 0 Å². The number of fused-ring (bicyclic) bond motifs is 1. The van der Waals surface area contributed by atoms with Crippen LogP contribution in [0, 0.1) is 0 Å². The van der Waals surface area contributed by atoms with Crippen molar-refractivity contribution in [1.29, 1.82) is 0 Å². The first-order chi connectivity index (χ1) is 11.1. The molecule has 3 rings (SSSR count). The number of methoxy groups -OCH3 is 2. The van der Waals surface area contributed by atoms with Crippen LogP contribution in [-0.2, 0) is 7.05 Å². The van der Waals surface area contributed by atoms with Gasteiger partial charge in [-0.25, -0.2) is 0 Å². The van der Waals surface area contributed by atoms with Crippen LogP contribution in [0.5, 0.6) is 11.5 Å². The van der Waals surface area contributed by atoms with E-state index in [0.29, 0.717) is 17.1 Å². The van der Waals surface area contributed by atoms with E-state index in [0.717, 1.165) is 16.7 Å². The Kier molecular flexibility index (Phi) is 3.93. The Morgan fingerprint density at radius 1 is 1.04 bits per heavy atom. The number of hydrogen-bond acceptors (Lipinski definition) is 3. The molecule has 0 spiro atoms. The number of ether oxygens (including phenoxy) is 2. The molecule has 3 aromatic rings. The summed E-state index contributed by atoms with van der Waals surface area (Å²) in [6.07, 6.45) is 0. The van der Waals surface area contributed by atoms with E-state index in [1.807, 2.05) is 54.1 Å².